The van der Waals surface area contributed by atoms with Crippen LogP contribution >= 0.6 is 0 Å². The first-order valence-corrected chi connectivity index (χ1v) is 10.1. The molecule has 4 aliphatic rings. The van der Waals surface area contributed by atoms with Crippen LogP contribution in [-0.4, -0.2) is 24.4 Å². The lowest BCUT2D eigenvalue weighted by Crippen LogP contribution is -2.56. The Balaban J connectivity index is 1.32. The second-order valence-corrected chi connectivity index (χ2v) is 9.07. The summed E-state index contributed by atoms with van der Waals surface area (Å²) in [5.41, 5.74) is 1.85. The van der Waals surface area contributed by atoms with Crippen LogP contribution in [0.3, 0.4) is 0 Å². The van der Waals surface area contributed by atoms with E-state index in [-0.39, 0.29) is 24.4 Å². The molecule has 1 aromatic carbocycles. The van der Waals surface area contributed by atoms with Crippen molar-refractivity contribution in [3.63, 3.8) is 0 Å². The van der Waals surface area contributed by atoms with Gasteiger partial charge in [-0.05, 0) is 87.2 Å². The fourth-order valence-electron chi connectivity index (χ4n) is 6.24. The second-order valence-electron chi connectivity index (χ2n) is 9.07. The maximum Gasteiger partial charge on any atom is 0.251 e. The Morgan fingerprint density at radius 1 is 1.08 bits per heavy atom. The maximum atomic E-state index is 12.4. The molecule has 0 spiro atoms. The molecule has 1 unspecified atom stereocenters. The van der Waals surface area contributed by atoms with Gasteiger partial charge in [-0.1, -0.05) is 18.2 Å². The quantitative estimate of drug-likeness (QED) is 0.851. The lowest BCUT2D eigenvalue weighted by Gasteiger charge is -2.59. The first-order valence-electron chi connectivity index (χ1n) is 10.1. The largest absolute Gasteiger partial charge is 0.352 e. The van der Waals surface area contributed by atoms with E-state index in [4.69, 9.17) is 0 Å². The van der Waals surface area contributed by atoms with Crippen molar-refractivity contribution in [1.82, 2.24) is 10.6 Å². The van der Waals surface area contributed by atoms with E-state index >= 15 is 0 Å². The van der Waals surface area contributed by atoms with Gasteiger partial charge < -0.3 is 10.6 Å². The van der Waals surface area contributed by atoms with Gasteiger partial charge in [-0.3, -0.25) is 9.59 Å². The van der Waals surface area contributed by atoms with Crippen LogP contribution in [0.1, 0.15) is 61.4 Å². The molecule has 1 aromatic rings. The van der Waals surface area contributed by atoms with Crippen molar-refractivity contribution >= 4 is 11.8 Å². The highest BCUT2D eigenvalue weighted by Crippen LogP contribution is 2.61. The summed E-state index contributed by atoms with van der Waals surface area (Å²) in [4.78, 5) is 24.7. The first kappa shape index (κ1) is 17.6. The van der Waals surface area contributed by atoms with Gasteiger partial charge in [-0.2, -0.15) is 0 Å². The van der Waals surface area contributed by atoms with Gasteiger partial charge >= 0.3 is 0 Å². The van der Waals surface area contributed by atoms with Crippen molar-refractivity contribution < 1.29 is 9.59 Å². The highest BCUT2D eigenvalue weighted by atomic mass is 16.2. The monoisotopic (exact) mass is 354 g/mol. The van der Waals surface area contributed by atoms with Crippen molar-refractivity contribution in [2.24, 2.45) is 23.2 Å². The van der Waals surface area contributed by atoms with Crippen LogP contribution in [0.2, 0.25) is 0 Å². The Morgan fingerprint density at radius 2 is 1.65 bits per heavy atom. The molecule has 4 nitrogen and oxygen atoms in total. The highest BCUT2D eigenvalue weighted by molar-refractivity contribution is 5.97. The minimum absolute atomic E-state index is 0.0455. The predicted octanol–water partition coefficient (Wildman–Crippen LogP) is 3.45. The molecular weight excluding hydrogens is 324 g/mol. The van der Waals surface area contributed by atoms with Crippen molar-refractivity contribution in [3.8, 4) is 0 Å². The molecule has 4 saturated carbocycles. The van der Waals surface area contributed by atoms with Crippen LogP contribution in [0, 0.1) is 30.1 Å². The number of carbonyl (C=O) groups is 2. The molecule has 0 aromatic heterocycles. The number of benzene rings is 1. The summed E-state index contributed by atoms with van der Waals surface area (Å²) in [7, 11) is 0. The Morgan fingerprint density at radius 3 is 2.23 bits per heavy atom. The van der Waals surface area contributed by atoms with Gasteiger partial charge in [0.15, 0.2) is 0 Å². The molecule has 26 heavy (non-hydrogen) atoms. The van der Waals surface area contributed by atoms with Gasteiger partial charge in [0.05, 0.1) is 6.54 Å². The molecule has 0 aliphatic heterocycles. The van der Waals surface area contributed by atoms with E-state index in [2.05, 4.69) is 17.6 Å². The summed E-state index contributed by atoms with van der Waals surface area (Å²) in [5.74, 6) is 2.37. The van der Waals surface area contributed by atoms with E-state index in [1.54, 1.807) is 6.07 Å². The third kappa shape index (κ3) is 3.26. The van der Waals surface area contributed by atoms with E-state index in [1.807, 2.05) is 25.1 Å². The van der Waals surface area contributed by atoms with Crippen LogP contribution in [0.4, 0.5) is 0 Å². The van der Waals surface area contributed by atoms with E-state index in [9.17, 15) is 9.59 Å². The van der Waals surface area contributed by atoms with Gasteiger partial charge in [-0.25, -0.2) is 0 Å². The van der Waals surface area contributed by atoms with Gasteiger partial charge in [0.25, 0.3) is 5.91 Å². The van der Waals surface area contributed by atoms with Crippen molar-refractivity contribution in [1.29, 1.82) is 0 Å². The normalized spacial score (nSPS) is 32.9. The standard InChI is InChI=1S/C22H30N2O2/c1-14-5-3-4-6-19(14)21(26)23-13-20(25)24-15(2)22-10-16-7-17(11-22)9-18(8-16)12-22/h3-6,15-18H,7-13H2,1-2H3,(H,23,26)(H,24,25). The van der Waals surface area contributed by atoms with Crippen LogP contribution in [0.15, 0.2) is 24.3 Å². The molecule has 4 heteroatoms. The zero-order chi connectivity index (χ0) is 18.3. The summed E-state index contributed by atoms with van der Waals surface area (Å²) in [6.07, 6.45) is 8.05. The van der Waals surface area contributed by atoms with Gasteiger partial charge in [0.1, 0.15) is 0 Å². The Labute approximate surface area is 156 Å². The summed E-state index contributed by atoms with van der Waals surface area (Å²) in [6.45, 7) is 4.13. The highest BCUT2D eigenvalue weighted by Gasteiger charge is 2.53. The topological polar surface area (TPSA) is 58.2 Å². The molecule has 140 valence electrons. The third-order valence-electron chi connectivity index (χ3n) is 7.18. The molecule has 0 radical (unpaired) electrons. The molecule has 0 heterocycles. The number of nitrogens with one attached hydrogen (secondary N) is 2. The van der Waals surface area contributed by atoms with Gasteiger partial charge in [0, 0.05) is 11.6 Å². The number of rotatable bonds is 5. The van der Waals surface area contributed by atoms with E-state index in [0.717, 1.165) is 23.3 Å². The van der Waals surface area contributed by atoms with Gasteiger partial charge in [-0.15, -0.1) is 0 Å². The van der Waals surface area contributed by atoms with Crippen molar-refractivity contribution in [2.45, 2.75) is 58.4 Å². The second kappa shape index (κ2) is 6.71. The van der Waals surface area contributed by atoms with Crippen LogP contribution in [0.5, 0.6) is 0 Å². The molecule has 4 fully saturated rings. The van der Waals surface area contributed by atoms with Gasteiger partial charge in [0.2, 0.25) is 5.91 Å². The Kier molecular flexibility index (Phi) is 4.54. The van der Waals surface area contributed by atoms with Crippen molar-refractivity contribution in [3.05, 3.63) is 35.4 Å². The van der Waals surface area contributed by atoms with E-state index < -0.39 is 0 Å². The third-order valence-corrected chi connectivity index (χ3v) is 7.18. The maximum absolute atomic E-state index is 12.4. The molecule has 1 atom stereocenters. The summed E-state index contributed by atoms with van der Waals surface area (Å²) in [5, 5.41) is 5.97. The molecule has 5 rings (SSSR count). The smallest absolute Gasteiger partial charge is 0.251 e. The molecule has 2 N–H and O–H groups in total. The lowest BCUT2D eigenvalue weighted by atomic mass is 9.48. The zero-order valence-electron chi connectivity index (χ0n) is 15.9. The SMILES string of the molecule is Cc1ccccc1C(=O)NCC(=O)NC(C)C12CC3CC(CC(C3)C1)C2. The summed E-state index contributed by atoms with van der Waals surface area (Å²) in [6, 6.07) is 7.65. The molecule has 4 aliphatic carbocycles. The number of aryl methyl sites for hydroxylation is 1. The fourth-order valence-corrected chi connectivity index (χ4v) is 6.24. The minimum atomic E-state index is -0.180. The number of carbonyl (C=O) groups excluding carboxylic acids is 2. The molecular formula is C22H30N2O2. The van der Waals surface area contributed by atoms with Crippen LogP contribution < -0.4 is 10.6 Å². The first-order chi connectivity index (χ1) is 12.4. The zero-order valence-corrected chi connectivity index (χ0v) is 15.9. The molecule has 4 bridgehead atoms. The number of hydrogen-bond donors (Lipinski definition) is 2. The van der Waals surface area contributed by atoms with E-state index in [1.165, 1.54) is 38.5 Å². The minimum Gasteiger partial charge on any atom is -0.352 e. The van der Waals surface area contributed by atoms with Crippen molar-refractivity contribution in [2.75, 3.05) is 6.54 Å². The molecule has 0 saturated heterocycles. The lowest BCUT2D eigenvalue weighted by molar-refractivity contribution is -0.124. The fraction of sp³-hybridized carbons (Fsp3) is 0.636. The summed E-state index contributed by atoms with van der Waals surface area (Å²) < 4.78 is 0. The average molecular weight is 354 g/mol. The number of amides is 2. The Hall–Kier alpha value is -1.84. The summed E-state index contributed by atoms with van der Waals surface area (Å²) >= 11 is 0. The average Bonchev–Trinajstić information content (AvgIpc) is 2.59. The van der Waals surface area contributed by atoms with Crippen LogP contribution in [0.25, 0.3) is 0 Å². The molecule has 2 amide bonds. The van der Waals surface area contributed by atoms with Crippen LogP contribution in [-0.2, 0) is 4.79 Å². The predicted molar refractivity (Wildman–Crippen MR) is 102 cm³/mol. The Bertz CT molecular complexity index is 677. The number of hydrogen-bond acceptors (Lipinski definition) is 2. The van der Waals surface area contributed by atoms with E-state index in [0.29, 0.717) is 11.0 Å².